The van der Waals surface area contributed by atoms with Crippen LogP contribution in [0.3, 0.4) is 0 Å². The second-order valence-electron chi connectivity index (χ2n) is 6.37. The molecule has 6 heteroatoms. The van der Waals surface area contributed by atoms with Crippen molar-refractivity contribution in [2.75, 3.05) is 19.7 Å². The number of piperidine rings is 1. The van der Waals surface area contributed by atoms with Gasteiger partial charge in [0.2, 0.25) is 0 Å². The molecule has 0 unspecified atom stereocenters. The molecule has 128 valence electrons. The number of cyclic esters (lactones) is 1. The zero-order valence-electron chi connectivity index (χ0n) is 13.7. The summed E-state index contributed by atoms with van der Waals surface area (Å²) in [4.78, 5) is 39.4. The summed E-state index contributed by atoms with van der Waals surface area (Å²) in [7, 11) is 0. The highest BCUT2D eigenvalue weighted by atomic mass is 16.6. The first-order valence-electron chi connectivity index (χ1n) is 8.41. The summed E-state index contributed by atoms with van der Waals surface area (Å²) >= 11 is 0. The lowest BCUT2D eigenvalue weighted by Crippen LogP contribution is -2.48. The number of ether oxygens (including phenoxy) is 1. The van der Waals surface area contributed by atoms with Crippen LogP contribution in [0.4, 0.5) is 4.79 Å². The zero-order valence-corrected chi connectivity index (χ0v) is 13.7. The summed E-state index contributed by atoms with van der Waals surface area (Å²) in [5.74, 6) is -0.297. The molecular weight excluding hydrogens is 320 g/mol. The van der Waals surface area contributed by atoms with Crippen molar-refractivity contribution >= 4 is 28.7 Å². The Bertz CT molecular complexity index is 834. The van der Waals surface area contributed by atoms with E-state index in [-0.39, 0.29) is 24.5 Å². The van der Waals surface area contributed by atoms with E-state index in [1.807, 2.05) is 42.5 Å². The fraction of sp³-hybridized carbons (Fsp3) is 0.316. The van der Waals surface area contributed by atoms with Crippen LogP contribution in [0.15, 0.2) is 42.5 Å². The van der Waals surface area contributed by atoms with Gasteiger partial charge in [-0.3, -0.25) is 9.59 Å². The maximum Gasteiger partial charge on any atom is 0.417 e. The molecule has 6 nitrogen and oxygen atoms in total. The SMILES string of the molecule is O=C(c1cccc2ccccc12)N1CCC(N2C(=O)COC2=O)CC1. The van der Waals surface area contributed by atoms with Crippen LogP contribution in [0.5, 0.6) is 0 Å². The van der Waals surface area contributed by atoms with Gasteiger partial charge in [0.25, 0.3) is 11.8 Å². The van der Waals surface area contributed by atoms with E-state index in [0.29, 0.717) is 31.5 Å². The van der Waals surface area contributed by atoms with Crippen molar-refractivity contribution in [1.29, 1.82) is 0 Å². The van der Waals surface area contributed by atoms with E-state index in [4.69, 9.17) is 4.74 Å². The van der Waals surface area contributed by atoms with Gasteiger partial charge in [-0.05, 0) is 29.7 Å². The Kier molecular flexibility index (Phi) is 3.87. The topological polar surface area (TPSA) is 66.9 Å². The summed E-state index contributed by atoms with van der Waals surface area (Å²) in [5.41, 5.74) is 0.688. The molecule has 0 bridgehead atoms. The summed E-state index contributed by atoms with van der Waals surface area (Å²) in [6.07, 6.45) is 0.596. The zero-order chi connectivity index (χ0) is 17.4. The van der Waals surface area contributed by atoms with E-state index in [2.05, 4.69) is 0 Å². The number of hydrogen-bond acceptors (Lipinski definition) is 4. The van der Waals surface area contributed by atoms with Crippen molar-refractivity contribution in [3.63, 3.8) is 0 Å². The van der Waals surface area contributed by atoms with Crippen LogP contribution in [0.1, 0.15) is 23.2 Å². The van der Waals surface area contributed by atoms with Crippen LogP contribution >= 0.6 is 0 Å². The second-order valence-corrected chi connectivity index (χ2v) is 6.37. The van der Waals surface area contributed by atoms with Gasteiger partial charge >= 0.3 is 6.09 Å². The smallest absolute Gasteiger partial charge is 0.417 e. The Morgan fingerprint density at radius 3 is 2.44 bits per heavy atom. The molecule has 2 aromatic carbocycles. The van der Waals surface area contributed by atoms with E-state index >= 15 is 0 Å². The van der Waals surface area contributed by atoms with E-state index in [9.17, 15) is 14.4 Å². The van der Waals surface area contributed by atoms with Gasteiger partial charge in [-0.2, -0.15) is 0 Å². The van der Waals surface area contributed by atoms with Crippen molar-refractivity contribution in [3.8, 4) is 0 Å². The molecule has 2 saturated heterocycles. The van der Waals surface area contributed by atoms with E-state index in [1.165, 1.54) is 4.90 Å². The summed E-state index contributed by atoms with van der Waals surface area (Å²) in [6.45, 7) is 0.863. The van der Waals surface area contributed by atoms with Crippen molar-refractivity contribution in [3.05, 3.63) is 48.0 Å². The number of carbonyl (C=O) groups excluding carboxylic acids is 3. The number of nitrogens with zero attached hydrogens (tertiary/aromatic N) is 2. The van der Waals surface area contributed by atoms with E-state index < -0.39 is 6.09 Å². The Morgan fingerprint density at radius 1 is 1.00 bits per heavy atom. The number of likely N-dealkylation sites (tertiary alicyclic amines) is 1. The minimum atomic E-state index is -0.566. The predicted octanol–water partition coefficient (Wildman–Crippen LogP) is 2.42. The van der Waals surface area contributed by atoms with Crippen molar-refractivity contribution in [1.82, 2.24) is 9.80 Å². The standard InChI is InChI=1S/C19H18N2O4/c22-17-12-25-19(24)21(17)14-8-10-20(11-9-14)18(23)16-7-3-5-13-4-1-2-6-15(13)16/h1-7,14H,8-12H2. The average Bonchev–Trinajstić information content (AvgIpc) is 2.99. The number of rotatable bonds is 2. The molecule has 2 aliphatic heterocycles. The van der Waals surface area contributed by atoms with E-state index in [0.717, 1.165) is 10.8 Å². The van der Waals surface area contributed by atoms with E-state index in [1.54, 1.807) is 4.90 Å². The summed E-state index contributed by atoms with van der Waals surface area (Å²) < 4.78 is 4.78. The number of benzene rings is 2. The Morgan fingerprint density at radius 2 is 1.72 bits per heavy atom. The first-order valence-corrected chi connectivity index (χ1v) is 8.41. The number of fused-ring (bicyclic) bond motifs is 1. The van der Waals surface area contributed by atoms with Crippen LogP contribution in [0.2, 0.25) is 0 Å². The van der Waals surface area contributed by atoms with Gasteiger partial charge in [-0.25, -0.2) is 9.69 Å². The molecule has 0 aliphatic carbocycles. The lowest BCUT2D eigenvalue weighted by Gasteiger charge is -2.34. The molecule has 2 aromatic rings. The van der Waals surface area contributed by atoms with Gasteiger partial charge in [-0.15, -0.1) is 0 Å². The molecule has 0 saturated carbocycles. The van der Waals surface area contributed by atoms with Gasteiger partial charge in [0.15, 0.2) is 6.61 Å². The predicted molar refractivity (Wildman–Crippen MR) is 91.1 cm³/mol. The molecule has 0 radical (unpaired) electrons. The van der Waals surface area contributed by atoms with Crippen molar-refractivity contribution in [2.24, 2.45) is 0 Å². The molecule has 2 heterocycles. The number of carbonyl (C=O) groups is 3. The molecule has 0 atom stereocenters. The van der Waals surface area contributed by atoms with Gasteiger partial charge < -0.3 is 9.64 Å². The highest BCUT2D eigenvalue weighted by molar-refractivity contribution is 6.07. The molecule has 3 amide bonds. The third-order valence-electron chi connectivity index (χ3n) is 4.92. The van der Waals surface area contributed by atoms with Crippen LogP contribution in [-0.4, -0.2) is 53.4 Å². The van der Waals surface area contributed by atoms with Crippen LogP contribution < -0.4 is 0 Å². The molecule has 0 spiro atoms. The van der Waals surface area contributed by atoms with Crippen LogP contribution in [0, 0.1) is 0 Å². The van der Waals surface area contributed by atoms with Crippen LogP contribution in [0.25, 0.3) is 10.8 Å². The molecule has 4 rings (SSSR count). The fourth-order valence-corrected chi connectivity index (χ4v) is 3.63. The Hall–Kier alpha value is -2.89. The quantitative estimate of drug-likeness (QED) is 0.843. The molecular formula is C19H18N2O4. The first kappa shape index (κ1) is 15.6. The normalized spacial score (nSPS) is 18.7. The number of amides is 3. The maximum absolute atomic E-state index is 12.9. The third kappa shape index (κ3) is 2.73. The van der Waals surface area contributed by atoms with Gasteiger partial charge in [0.05, 0.1) is 0 Å². The summed E-state index contributed by atoms with van der Waals surface area (Å²) in [6, 6.07) is 13.4. The van der Waals surface area contributed by atoms with Gasteiger partial charge in [-0.1, -0.05) is 36.4 Å². The Labute approximate surface area is 145 Å². The van der Waals surface area contributed by atoms with Crippen LogP contribution in [-0.2, 0) is 9.53 Å². The molecule has 0 N–H and O–H groups in total. The molecule has 25 heavy (non-hydrogen) atoms. The third-order valence-corrected chi connectivity index (χ3v) is 4.92. The molecule has 0 aromatic heterocycles. The number of hydrogen-bond donors (Lipinski definition) is 0. The maximum atomic E-state index is 12.9. The Balaban J connectivity index is 1.50. The van der Waals surface area contributed by atoms with Gasteiger partial charge in [0.1, 0.15) is 0 Å². The first-order chi connectivity index (χ1) is 12.1. The minimum absolute atomic E-state index is 0.00873. The van der Waals surface area contributed by atoms with Crippen molar-refractivity contribution < 1.29 is 19.1 Å². The van der Waals surface area contributed by atoms with Crippen molar-refractivity contribution in [2.45, 2.75) is 18.9 Å². The number of imide groups is 1. The highest BCUT2D eigenvalue weighted by Gasteiger charge is 2.39. The fourth-order valence-electron chi connectivity index (χ4n) is 3.63. The monoisotopic (exact) mass is 338 g/mol. The van der Waals surface area contributed by atoms with Gasteiger partial charge in [0, 0.05) is 24.7 Å². The molecule has 2 aliphatic rings. The minimum Gasteiger partial charge on any atom is -0.439 e. The second kappa shape index (κ2) is 6.20. The average molecular weight is 338 g/mol. The highest BCUT2D eigenvalue weighted by Crippen LogP contribution is 2.24. The summed E-state index contributed by atoms with van der Waals surface area (Å²) in [5, 5.41) is 1.98. The lowest BCUT2D eigenvalue weighted by molar-refractivity contribution is -0.127. The molecule has 2 fully saturated rings. The largest absolute Gasteiger partial charge is 0.439 e. The lowest BCUT2D eigenvalue weighted by atomic mass is 10.00.